The van der Waals surface area contributed by atoms with Crippen molar-refractivity contribution >= 4 is 11.7 Å². The number of nitrogens with zero attached hydrogens (tertiary/aromatic N) is 2. The molecule has 0 aromatic heterocycles. The maximum Gasteiger partial charge on any atom is 0.317 e. The van der Waals surface area contributed by atoms with Gasteiger partial charge in [0.15, 0.2) is 0 Å². The lowest BCUT2D eigenvalue weighted by molar-refractivity contribution is 0.130. The van der Waals surface area contributed by atoms with E-state index in [9.17, 15) is 9.90 Å². The first-order chi connectivity index (χ1) is 11.2. The zero-order valence-corrected chi connectivity index (χ0v) is 13.9. The summed E-state index contributed by atoms with van der Waals surface area (Å²) in [6.45, 7) is 5.36. The van der Waals surface area contributed by atoms with Crippen LogP contribution in [-0.4, -0.2) is 54.9 Å². The van der Waals surface area contributed by atoms with Crippen molar-refractivity contribution in [1.29, 1.82) is 0 Å². The summed E-state index contributed by atoms with van der Waals surface area (Å²) in [5.74, 6) is 0.236. The van der Waals surface area contributed by atoms with Crippen molar-refractivity contribution in [2.24, 2.45) is 5.92 Å². The van der Waals surface area contributed by atoms with E-state index in [0.29, 0.717) is 19.1 Å². The second kappa shape index (κ2) is 7.21. The minimum absolute atomic E-state index is 0.00304. The number of aliphatic hydroxyl groups excluding tert-OH is 1. The number of hydrogen-bond acceptors (Lipinski definition) is 3. The molecule has 0 radical (unpaired) electrons. The molecule has 5 nitrogen and oxygen atoms in total. The molecule has 2 aliphatic rings. The SMILES string of the molecule is CC1Cc2ccccc2N1CCNC(=O)N1CCCC(CO)C1. The monoisotopic (exact) mass is 317 g/mol. The average Bonchev–Trinajstić information content (AvgIpc) is 2.90. The largest absolute Gasteiger partial charge is 0.396 e. The normalized spacial score (nSPS) is 23.7. The second-order valence-electron chi connectivity index (χ2n) is 6.74. The Morgan fingerprint density at radius 2 is 2.22 bits per heavy atom. The van der Waals surface area contributed by atoms with E-state index in [1.165, 1.54) is 11.3 Å². The Morgan fingerprint density at radius 3 is 3.04 bits per heavy atom. The number of benzene rings is 1. The number of likely N-dealkylation sites (tertiary alicyclic amines) is 1. The highest BCUT2D eigenvalue weighted by atomic mass is 16.3. The highest BCUT2D eigenvalue weighted by molar-refractivity contribution is 5.74. The van der Waals surface area contributed by atoms with Gasteiger partial charge in [0.05, 0.1) is 0 Å². The lowest BCUT2D eigenvalue weighted by Gasteiger charge is -2.32. The van der Waals surface area contributed by atoms with Crippen LogP contribution in [0.5, 0.6) is 0 Å². The van der Waals surface area contributed by atoms with E-state index in [-0.39, 0.29) is 18.6 Å². The number of carbonyl (C=O) groups excluding carboxylic acids is 1. The van der Waals surface area contributed by atoms with Gasteiger partial charge in [-0.2, -0.15) is 0 Å². The summed E-state index contributed by atoms with van der Waals surface area (Å²) in [6.07, 6.45) is 3.08. The maximum absolute atomic E-state index is 12.3. The van der Waals surface area contributed by atoms with Crippen molar-refractivity contribution in [1.82, 2.24) is 10.2 Å². The molecule has 5 heteroatoms. The summed E-state index contributed by atoms with van der Waals surface area (Å²) in [5.41, 5.74) is 2.70. The van der Waals surface area contributed by atoms with Gasteiger partial charge in [-0.05, 0) is 43.7 Å². The number of anilines is 1. The zero-order chi connectivity index (χ0) is 16.2. The van der Waals surface area contributed by atoms with E-state index >= 15 is 0 Å². The van der Waals surface area contributed by atoms with E-state index in [1.54, 1.807) is 0 Å². The maximum atomic E-state index is 12.3. The fraction of sp³-hybridized carbons (Fsp3) is 0.611. The molecule has 1 saturated heterocycles. The topological polar surface area (TPSA) is 55.8 Å². The van der Waals surface area contributed by atoms with Gasteiger partial charge in [-0.3, -0.25) is 0 Å². The molecule has 2 aliphatic heterocycles. The lowest BCUT2D eigenvalue weighted by Crippen LogP contribution is -2.48. The summed E-state index contributed by atoms with van der Waals surface area (Å²) in [7, 11) is 0. The Hall–Kier alpha value is -1.75. The Kier molecular flexibility index (Phi) is 5.06. The van der Waals surface area contributed by atoms with E-state index in [0.717, 1.165) is 32.4 Å². The average molecular weight is 317 g/mol. The van der Waals surface area contributed by atoms with E-state index in [2.05, 4.69) is 41.4 Å². The molecular weight excluding hydrogens is 290 g/mol. The third-order valence-corrected chi connectivity index (χ3v) is 5.04. The molecule has 0 spiro atoms. The van der Waals surface area contributed by atoms with E-state index in [1.807, 2.05) is 4.90 Å². The van der Waals surface area contributed by atoms with Crippen LogP contribution in [0.4, 0.5) is 10.5 Å². The Morgan fingerprint density at radius 1 is 1.39 bits per heavy atom. The number of nitrogens with one attached hydrogen (secondary N) is 1. The van der Waals surface area contributed by atoms with Crippen molar-refractivity contribution < 1.29 is 9.90 Å². The molecule has 2 amide bonds. The van der Waals surface area contributed by atoms with Crippen LogP contribution in [0.1, 0.15) is 25.3 Å². The van der Waals surface area contributed by atoms with Crippen LogP contribution in [0, 0.1) is 5.92 Å². The first-order valence-electron chi connectivity index (χ1n) is 8.67. The minimum atomic E-state index is 0.00304. The molecule has 23 heavy (non-hydrogen) atoms. The van der Waals surface area contributed by atoms with Crippen LogP contribution in [0.3, 0.4) is 0 Å². The van der Waals surface area contributed by atoms with E-state index < -0.39 is 0 Å². The predicted molar refractivity (Wildman–Crippen MR) is 91.7 cm³/mol. The fourth-order valence-corrected chi connectivity index (χ4v) is 3.76. The first-order valence-corrected chi connectivity index (χ1v) is 8.67. The molecule has 2 heterocycles. The van der Waals surface area contributed by atoms with Gasteiger partial charge in [-0.1, -0.05) is 18.2 Å². The summed E-state index contributed by atoms with van der Waals surface area (Å²) in [6, 6.07) is 9.00. The molecule has 2 unspecified atom stereocenters. The second-order valence-corrected chi connectivity index (χ2v) is 6.74. The summed E-state index contributed by atoms with van der Waals surface area (Å²) in [5, 5.41) is 12.3. The number of amides is 2. The molecule has 2 atom stereocenters. The van der Waals surface area contributed by atoms with Crippen LogP contribution in [0.25, 0.3) is 0 Å². The van der Waals surface area contributed by atoms with Gasteiger partial charge in [0, 0.05) is 44.5 Å². The third-order valence-electron chi connectivity index (χ3n) is 5.04. The van der Waals surface area contributed by atoms with Crippen LogP contribution in [-0.2, 0) is 6.42 Å². The molecule has 1 fully saturated rings. The smallest absolute Gasteiger partial charge is 0.317 e. The molecule has 3 rings (SSSR count). The summed E-state index contributed by atoms with van der Waals surface area (Å²) in [4.78, 5) is 16.5. The predicted octanol–water partition coefficient (Wildman–Crippen LogP) is 1.85. The zero-order valence-electron chi connectivity index (χ0n) is 13.9. The number of carbonyl (C=O) groups is 1. The van der Waals surface area contributed by atoms with Crippen molar-refractivity contribution in [2.75, 3.05) is 37.7 Å². The van der Waals surface area contributed by atoms with Gasteiger partial charge >= 0.3 is 6.03 Å². The first kappa shape index (κ1) is 16.1. The third kappa shape index (κ3) is 3.61. The number of piperidine rings is 1. The number of para-hydroxylation sites is 1. The van der Waals surface area contributed by atoms with Gasteiger partial charge in [-0.15, -0.1) is 0 Å². The summed E-state index contributed by atoms with van der Waals surface area (Å²) >= 11 is 0. The van der Waals surface area contributed by atoms with Crippen LogP contribution in [0.2, 0.25) is 0 Å². The molecule has 2 N–H and O–H groups in total. The van der Waals surface area contributed by atoms with Crippen LogP contribution < -0.4 is 10.2 Å². The number of urea groups is 1. The quantitative estimate of drug-likeness (QED) is 0.891. The Bertz CT molecular complexity index is 549. The van der Waals surface area contributed by atoms with Crippen LogP contribution >= 0.6 is 0 Å². The highest BCUT2D eigenvalue weighted by Crippen LogP contribution is 2.31. The minimum Gasteiger partial charge on any atom is -0.396 e. The summed E-state index contributed by atoms with van der Waals surface area (Å²) < 4.78 is 0. The van der Waals surface area contributed by atoms with Gasteiger partial charge < -0.3 is 20.2 Å². The number of fused-ring (bicyclic) bond motifs is 1. The number of hydrogen-bond donors (Lipinski definition) is 2. The highest BCUT2D eigenvalue weighted by Gasteiger charge is 2.26. The van der Waals surface area contributed by atoms with Crippen molar-refractivity contribution in [3.8, 4) is 0 Å². The number of rotatable bonds is 4. The van der Waals surface area contributed by atoms with Gasteiger partial charge in [0.1, 0.15) is 0 Å². The molecule has 1 aromatic rings. The van der Waals surface area contributed by atoms with Crippen molar-refractivity contribution in [2.45, 2.75) is 32.2 Å². The molecule has 0 aliphatic carbocycles. The van der Waals surface area contributed by atoms with Crippen molar-refractivity contribution in [3.05, 3.63) is 29.8 Å². The van der Waals surface area contributed by atoms with Gasteiger partial charge in [0.25, 0.3) is 0 Å². The van der Waals surface area contributed by atoms with E-state index in [4.69, 9.17) is 0 Å². The molecule has 1 aromatic carbocycles. The van der Waals surface area contributed by atoms with Crippen molar-refractivity contribution in [3.63, 3.8) is 0 Å². The Labute approximate surface area is 138 Å². The number of aliphatic hydroxyl groups is 1. The fourth-order valence-electron chi connectivity index (χ4n) is 3.76. The molecule has 126 valence electrons. The van der Waals surface area contributed by atoms with Crippen LogP contribution in [0.15, 0.2) is 24.3 Å². The molecule has 0 saturated carbocycles. The standard InChI is InChI=1S/C18H27N3O2/c1-14-11-16-6-2-3-7-17(16)21(14)10-8-19-18(23)20-9-4-5-15(12-20)13-22/h2-3,6-7,14-15,22H,4-5,8-13H2,1H3,(H,19,23). The molecular formula is C18H27N3O2. The van der Waals surface area contributed by atoms with Gasteiger partial charge in [0.2, 0.25) is 0 Å². The Balaban J connectivity index is 1.49. The van der Waals surface area contributed by atoms with Gasteiger partial charge in [-0.25, -0.2) is 4.79 Å². The molecule has 0 bridgehead atoms. The lowest BCUT2D eigenvalue weighted by atomic mass is 9.99.